The maximum Gasteiger partial charge on any atom is 0.137 e. The van der Waals surface area contributed by atoms with Crippen LogP contribution in [0.3, 0.4) is 0 Å². The van der Waals surface area contributed by atoms with Crippen molar-refractivity contribution >= 4 is 34.8 Å². The van der Waals surface area contributed by atoms with Gasteiger partial charge in [-0.15, -0.1) is 23.2 Å². The summed E-state index contributed by atoms with van der Waals surface area (Å²) in [5.74, 6) is 0. The summed E-state index contributed by atoms with van der Waals surface area (Å²) in [5.41, 5.74) is -0.550. The van der Waals surface area contributed by atoms with Gasteiger partial charge in [-0.1, -0.05) is 23.7 Å². The topological polar surface area (TPSA) is 50.9 Å². The highest BCUT2D eigenvalue weighted by Gasteiger charge is 2.32. The van der Waals surface area contributed by atoms with Gasteiger partial charge in [-0.2, -0.15) is 5.10 Å². The fraction of sp³-hybridized carbons (Fsp3) is 0.333. The highest BCUT2D eigenvalue weighted by molar-refractivity contribution is 6.44. The molecule has 1 heterocycles. The van der Waals surface area contributed by atoms with Gasteiger partial charge < -0.3 is 5.11 Å². The third-order valence-electron chi connectivity index (χ3n) is 2.76. The molecule has 1 N–H and O–H groups in total. The molecule has 4 nitrogen and oxygen atoms in total. The van der Waals surface area contributed by atoms with Crippen molar-refractivity contribution in [2.24, 2.45) is 0 Å². The van der Waals surface area contributed by atoms with Crippen molar-refractivity contribution in [2.45, 2.75) is 23.4 Å². The molecule has 0 aliphatic carbocycles. The van der Waals surface area contributed by atoms with Gasteiger partial charge in [0.25, 0.3) is 0 Å². The average Bonchev–Trinajstić information content (AvgIpc) is 2.81. The minimum Gasteiger partial charge on any atom is -0.383 e. The van der Waals surface area contributed by atoms with E-state index in [1.165, 1.54) is 17.3 Å². The van der Waals surface area contributed by atoms with Gasteiger partial charge in [0.2, 0.25) is 0 Å². The zero-order valence-corrected chi connectivity index (χ0v) is 12.1. The molecule has 0 aliphatic rings. The molecular weight excluding hydrogens is 309 g/mol. The van der Waals surface area contributed by atoms with Crippen LogP contribution in [0.4, 0.5) is 0 Å². The number of nitrogens with zero attached hydrogens (tertiary/aromatic N) is 3. The smallest absolute Gasteiger partial charge is 0.137 e. The number of halogens is 3. The van der Waals surface area contributed by atoms with Gasteiger partial charge in [0.1, 0.15) is 23.1 Å². The van der Waals surface area contributed by atoms with E-state index in [4.69, 9.17) is 34.8 Å². The Bertz CT molecular complexity index is 516. The molecule has 0 spiro atoms. The first-order chi connectivity index (χ1) is 8.99. The highest BCUT2D eigenvalue weighted by Crippen LogP contribution is 2.32. The Labute approximate surface area is 125 Å². The molecule has 0 aliphatic heterocycles. The van der Waals surface area contributed by atoms with E-state index >= 15 is 0 Å². The van der Waals surface area contributed by atoms with Crippen molar-refractivity contribution < 1.29 is 5.11 Å². The van der Waals surface area contributed by atoms with E-state index in [1.54, 1.807) is 24.3 Å². The Morgan fingerprint density at radius 2 is 1.95 bits per heavy atom. The van der Waals surface area contributed by atoms with Gasteiger partial charge in [0.15, 0.2) is 0 Å². The van der Waals surface area contributed by atoms with Gasteiger partial charge in [-0.05, 0) is 17.7 Å². The molecular formula is C12H12Cl3N3O. The van der Waals surface area contributed by atoms with Crippen LogP contribution < -0.4 is 0 Å². The number of benzene rings is 1. The number of rotatable bonds is 5. The van der Waals surface area contributed by atoms with Crippen LogP contribution in [0.2, 0.25) is 5.02 Å². The number of hydrogen-bond acceptors (Lipinski definition) is 3. The van der Waals surface area contributed by atoms with Crippen LogP contribution in [-0.2, 0) is 12.1 Å². The second kappa shape index (κ2) is 6.09. The molecule has 0 radical (unpaired) electrons. The molecule has 2 aromatic rings. The molecule has 0 fully saturated rings. The molecule has 1 unspecified atom stereocenters. The number of aliphatic hydroxyl groups is 1. The largest absolute Gasteiger partial charge is 0.383 e. The molecule has 102 valence electrons. The van der Waals surface area contributed by atoms with Crippen molar-refractivity contribution in [2.75, 3.05) is 0 Å². The lowest BCUT2D eigenvalue weighted by Crippen LogP contribution is -2.33. The summed E-state index contributed by atoms with van der Waals surface area (Å²) in [7, 11) is 0. The van der Waals surface area contributed by atoms with Gasteiger partial charge in [-0.3, -0.25) is 0 Å². The van der Waals surface area contributed by atoms with Crippen LogP contribution in [0, 0.1) is 0 Å². The minimum atomic E-state index is -1.23. The molecule has 0 amide bonds. The summed E-state index contributed by atoms with van der Waals surface area (Å²) in [5, 5.41) is 15.4. The predicted molar refractivity (Wildman–Crippen MR) is 75.5 cm³/mol. The second-order valence-corrected chi connectivity index (χ2v) is 5.94. The van der Waals surface area contributed by atoms with Crippen LogP contribution in [0.1, 0.15) is 12.0 Å². The maximum atomic E-state index is 10.8. The SMILES string of the molecule is OC(CC(Cl)Cl)(Cn1cncn1)c1ccc(Cl)cc1. The standard InChI is InChI=1S/C12H12Cl3N3O/c13-10-3-1-9(2-4-10)12(19,5-11(14)15)6-18-8-16-7-17-18/h1-4,7-8,11,19H,5-6H2. The van der Waals surface area contributed by atoms with Gasteiger partial charge >= 0.3 is 0 Å². The van der Waals surface area contributed by atoms with E-state index in [2.05, 4.69) is 10.1 Å². The van der Waals surface area contributed by atoms with E-state index in [9.17, 15) is 5.11 Å². The molecule has 0 bridgehead atoms. The van der Waals surface area contributed by atoms with Crippen LogP contribution in [0.25, 0.3) is 0 Å². The van der Waals surface area contributed by atoms with E-state index in [1.807, 2.05) is 0 Å². The van der Waals surface area contributed by atoms with Crippen LogP contribution in [-0.4, -0.2) is 24.7 Å². The van der Waals surface area contributed by atoms with Crippen molar-refractivity contribution in [1.29, 1.82) is 0 Å². The lowest BCUT2D eigenvalue weighted by Gasteiger charge is -2.29. The molecule has 0 saturated carbocycles. The van der Waals surface area contributed by atoms with Crippen LogP contribution in [0.15, 0.2) is 36.9 Å². The fourth-order valence-corrected chi connectivity index (χ4v) is 2.51. The third-order valence-corrected chi connectivity index (χ3v) is 3.32. The summed E-state index contributed by atoms with van der Waals surface area (Å²) in [6.07, 6.45) is 3.11. The Kier molecular flexibility index (Phi) is 4.68. The molecule has 1 aromatic heterocycles. The minimum absolute atomic E-state index is 0.178. The summed E-state index contributed by atoms with van der Waals surface area (Å²) >= 11 is 17.5. The lowest BCUT2D eigenvalue weighted by molar-refractivity contribution is 0.00964. The first-order valence-corrected chi connectivity index (χ1v) is 6.84. The van der Waals surface area contributed by atoms with Crippen molar-refractivity contribution in [3.05, 3.63) is 47.5 Å². The zero-order chi connectivity index (χ0) is 13.9. The van der Waals surface area contributed by atoms with Gasteiger partial charge in [0, 0.05) is 11.4 Å². The van der Waals surface area contributed by atoms with Crippen LogP contribution >= 0.6 is 34.8 Å². The van der Waals surface area contributed by atoms with Crippen molar-refractivity contribution in [3.63, 3.8) is 0 Å². The van der Waals surface area contributed by atoms with E-state index in [0.29, 0.717) is 10.6 Å². The Hall–Kier alpha value is -0.810. The Morgan fingerprint density at radius 1 is 1.26 bits per heavy atom. The number of aromatic nitrogens is 3. The summed E-state index contributed by atoms with van der Waals surface area (Å²) < 4.78 is 1.53. The average molecular weight is 321 g/mol. The monoisotopic (exact) mass is 319 g/mol. The van der Waals surface area contributed by atoms with Crippen molar-refractivity contribution in [3.8, 4) is 0 Å². The normalized spacial score (nSPS) is 14.6. The molecule has 2 rings (SSSR count). The first kappa shape index (κ1) is 14.6. The molecule has 19 heavy (non-hydrogen) atoms. The highest BCUT2D eigenvalue weighted by atomic mass is 35.5. The zero-order valence-electron chi connectivity index (χ0n) is 9.88. The molecule has 0 saturated heterocycles. The number of hydrogen-bond donors (Lipinski definition) is 1. The van der Waals surface area contributed by atoms with E-state index in [-0.39, 0.29) is 13.0 Å². The Balaban J connectivity index is 2.30. The molecule has 1 atom stereocenters. The lowest BCUT2D eigenvalue weighted by atomic mass is 9.91. The quantitative estimate of drug-likeness (QED) is 0.862. The van der Waals surface area contributed by atoms with Gasteiger partial charge in [0.05, 0.1) is 6.54 Å². The molecule has 1 aromatic carbocycles. The first-order valence-electron chi connectivity index (χ1n) is 5.58. The Morgan fingerprint density at radius 3 is 2.47 bits per heavy atom. The van der Waals surface area contributed by atoms with E-state index < -0.39 is 10.4 Å². The summed E-state index contributed by atoms with van der Waals surface area (Å²) in [4.78, 5) is 3.16. The molecule has 7 heteroatoms. The maximum absolute atomic E-state index is 10.8. The second-order valence-electron chi connectivity index (χ2n) is 4.23. The van der Waals surface area contributed by atoms with Crippen LogP contribution in [0.5, 0.6) is 0 Å². The van der Waals surface area contributed by atoms with Crippen molar-refractivity contribution in [1.82, 2.24) is 14.8 Å². The predicted octanol–water partition coefficient (Wildman–Crippen LogP) is 3.01. The third kappa shape index (κ3) is 3.83. The summed E-state index contributed by atoms with van der Waals surface area (Å²) in [6, 6.07) is 6.91. The number of alkyl halides is 2. The summed E-state index contributed by atoms with van der Waals surface area (Å²) in [6.45, 7) is 0.213. The van der Waals surface area contributed by atoms with Gasteiger partial charge in [-0.25, -0.2) is 9.67 Å². The fourth-order valence-electron chi connectivity index (χ4n) is 1.87. The van der Waals surface area contributed by atoms with E-state index in [0.717, 1.165) is 0 Å².